The van der Waals surface area contributed by atoms with Gasteiger partial charge in [0, 0.05) is 34.1 Å². The standard InChI is InChI=1S/C14H21N3O4S/c1-10-9-11(21-13-7-8-17(4)14(13)18)5-6-12(10)15-22(19,20)16(2)3/h5-6,9,13,15H,7-8H2,1-4H3/t13-/m0/s1. The van der Waals surface area contributed by atoms with Crippen molar-refractivity contribution < 1.29 is 17.9 Å². The van der Waals surface area contributed by atoms with Crippen molar-refractivity contribution in [1.82, 2.24) is 9.21 Å². The Hall–Kier alpha value is -1.80. The molecule has 1 aromatic rings. The molecule has 1 aliphatic rings. The number of anilines is 1. The van der Waals surface area contributed by atoms with E-state index in [9.17, 15) is 13.2 Å². The lowest BCUT2D eigenvalue weighted by atomic mass is 10.2. The Kier molecular flexibility index (Phi) is 4.62. The second-order valence-corrected chi connectivity index (χ2v) is 7.41. The zero-order valence-corrected chi connectivity index (χ0v) is 14.0. The van der Waals surface area contributed by atoms with Gasteiger partial charge in [-0.2, -0.15) is 12.7 Å². The SMILES string of the molecule is Cc1cc(O[C@H]2CCN(C)C2=O)ccc1NS(=O)(=O)N(C)C. The number of rotatable bonds is 5. The van der Waals surface area contributed by atoms with E-state index in [1.807, 2.05) is 0 Å². The molecule has 0 bridgehead atoms. The lowest BCUT2D eigenvalue weighted by Crippen LogP contribution is -2.30. The number of benzene rings is 1. The first kappa shape index (κ1) is 16.6. The molecule has 8 heteroatoms. The van der Waals surface area contributed by atoms with Gasteiger partial charge in [0.1, 0.15) is 5.75 Å². The summed E-state index contributed by atoms with van der Waals surface area (Å²) >= 11 is 0. The van der Waals surface area contributed by atoms with Crippen LogP contribution in [0.5, 0.6) is 5.75 Å². The first-order valence-corrected chi connectivity index (χ1v) is 8.37. The molecule has 0 saturated carbocycles. The van der Waals surface area contributed by atoms with Gasteiger partial charge in [0.15, 0.2) is 6.10 Å². The lowest BCUT2D eigenvalue weighted by Gasteiger charge is -2.17. The quantitative estimate of drug-likeness (QED) is 0.868. The zero-order valence-electron chi connectivity index (χ0n) is 13.2. The molecule has 2 rings (SSSR count). The maximum Gasteiger partial charge on any atom is 0.301 e. The molecule has 0 spiro atoms. The maximum absolute atomic E-state index is 11.8. The fourth-order valence-corrected chi connectivity index (χ4v) is 2.81. The highest BCUT2D eigenvalue weighted by Gasteiger charge is 2.30. The summed E-state index contributed by atoms with van der Waals surface area (Å²) in [6.07, 6.45) is 0.192. The Labute approximate surface area is 131 Å². The Morgan fingerprint density at radius 2 is 2.05 bits per heavy atom. The smallest absolute Gasteiger partial charge is 0.301 e. The van der Waals surface area contributed by atoms with Crippen LogP contribution in [0, 0.1) is 6.92 Å². The Morgan fingerprint density at radius 1 is 1.36 bits per heavy atom. The molecule has 1 atom stereocenters. The minimum Gasteiger partial charge on any atom is -0.481 e. The van der Waals surface area contributed by atoms with Crippen LogP contribution >= 0.6 is 0 Å². The molecule has 0 aliphatic carbocycles. The van der Waals surface area contributed by atoms with Crippen molar-refractivity contribution in [3.05, 3.63) is 23.8 Å². The van der Waals surface area contributed by atoms with Gasteiger partial charge in [0.05, 0.1) is 5.69 Å². The summed E-state index contributed by atoms with van der Waals surface area (Å²) in [6.45, 7) is 2.46. The Balaban J connectivity index is 2.12. The summed E-state index contributed by atoms with van der Waals surface area (Å²) in [5.41, 5.74) is 1.21. The molecule has 1 fully saturated rings. The van der Waals surface area contributed by atoms with Gasteiger partial charge in [-0.05, 0) is 30.7 Å². The summed E-state index contributed by atoms with van der Waals surface area (Å²) in [5, 5.41) is 0. The molecule has 1 aromatic carbocycles. The molecular weight excluding hydrogens is 306 g/mol. The normalized spacial score (nSPS) is 18.9. The van der Waals surface area contributed by atoms with Gasteiger partial charge in [-0.25, -0.2) is 0 Å². The second kappa shape index (κ2) is 6.13. The van der Waals surface area contributed by atoms with Crippen LogP contribution in [0.15, 0.2) is 18.2 Å². The van der Waals surface area contributed by atoms with Crippen LogP contribution in [0.4, 0.5) is 5.69 Å². The Bertz CT molecular complexity index is 673. The zero-order chi connectivity index (χ0) is 16.5. The van der Waals surface area contributed by atoms with Gasteiger partial charge in [0.2, 0.25) is 0 Å². The van der Waals surface area contributed by atoms with E-state index in [0.717, 1.165) is 9.87 Å². The number of ether oxygens (including phenoxy) is 1. The van der Waals surface area contributed by atoms with E-state index in [1.165, 1.54) is 14.1 Å². The number of aryl methyl sites for hydroxylation is 1. The molecule has 0 unspecified atom stereocenters. The molecule has 0 aromatic heterocycles. The first-order valence-electron chi connectivity index (χ1n) is 6.93. The topological polar surface area (TPSA) is 79.0 Å². The van der Waals surface area contributed by atoms with Gasteiger partial charge in [0.25, 0.3) is 5.91 Å². The molecule has 1 N–H and O–H groups in total. The van der Waals surface area contributed by atoms with E-state index in [0.29, 0.717) is 24.4 Å². The number of carbonyl (C=O) groups excluding carboxylic acids is 1. The minimum absolute atomic E-state index is 0.0324. The van der Waals surface area contributed by atoms with Gasteiger partial charge >= 0.3 is 10.2 Å². The third kappa shape index (κ3) is 3.50. The third-order valence-electron chi connectivity index (χ3n) is 3.57. The van der Waals surface area contributed by atoms with E-state index in [1.54, 1.807) is 37.1 Å². The molecule has 22 heavy (non-hydrogen) atoms. The van der Waals surface area contributed by atoms with Crippen molar-refractivity contribution in [2.75, 3.05) is 32.4 Å². The van der Waals surface area contributed by atoms with Crippen LogP contribution in [0.3, 0.4) is 0 Å². The van der Waals surface area contributed by atoms with E-state index in [-0.39, 0.29) is 5.91 Å². The van der Waals surface area contributed by atoms with Gasteiger partial charge in [-0.15, -0.1) is 0 Å². The molecular formula is C14H21N3O4S. The van der Waals surface area contributed by atoms with Crippen LogP contribution in [0.2, 0.25) is 0 Å². The molecule has 1 aliphatic heterocycles. The van der Waals surface area contributed by atoms with Gasteiger partial charge in [-0.3, -0.25) is 9.52 Å². The average Bonchev–Trinajstić information content (AvgIpc) is 2.73. The number of carbonyl (C=O) groups is 1. The van der Waals surface area contributed by atoms with Crippen LogP contribution in [0.1, 0.15) is 12.0 Å². The number of likely N-dealkylation sites (N-methyl/N-ethyl adjacent to an activating group) is 1. The van der Waals surface area contributed by atoms with E-state index >= 15 is 0 Å². The van der Waals surface area contributed by atoms with Crippen LogP contribution < -0.4 is 9.46 Å². The summed E-state index contributed by atoms with van der Waals surface area (Å²) < 4.78 is 32.9. The highest BCUT2D eigenvalue weighted by Crippen LogP contribution is 2.25. The summed E-state index contributed by atoms with van der Waals surface area (Å²) in [6, 6.07) is 5.01. The van der Waals surface area contributed by atoms with Gasteiger partial charge in [-0.1, -0.05) is 0 Å². The number of nitrogens with zero attached hydrogens (tertiary/aromatic N) is 2. The van der Waals surface area contributed by atoms with E-state index in [2.05, 4.69) is 4.72 Å². The Morgan fingerprint density at radius 3 is 2.55 bits per heavy atom. The van der Waals surface area contributed by atoms with E-state index in [4.69, 9.17) is 4.74 Å². The van der Waals surface area contributed by atoms with Crippen molar-refractivity contribution in [1.29, 1.82) is 0 Å². The highest BCUT2D eigenvalue weighted by atomic mass is 32.2. The largest absolute Gasteiger partial charge is 0.481 e. The summed E-state index contributed by atoms with van der Waals surface area (Å²) in [5.74, 6) is 0.522. The number of likely N-dealkylation sites (tertiary alicyclic amines) is 1. The van der Waals surface area contributed by atoms with Crippen molar-refractivity contribution in [2.45, 2.75) is 19.4 Å². The molecule has 1 amide bonds. The van der Waals surface area contributed by atoms with Crippen molar-refractivity contribution in [3.63, 3.8) is 0 Å². The average molecular weight is 327 g/mol. The van der Waals surface area contributed by atoms with E-state index < -0.39 is 16.3 Å². The molecule has 1 heterocycles. The predicted molar refractivity (Wildman–Crippen MR) is 84.1 cm³/mol. The number of amides is 1. The predicted octanol–water partition coefficient (Wildman–Crippen LogP) is 0.823. The summed E-state index contributed by atoms with van der Waals surface area (Å²) in [7, 11) is 1.11. The minimum atomic E-state index is -3.54. The van der Waals surface area contributed by atoms with Crippen LogP contribution in [-0.2, 0) is 15.0 Å². The molecule has 0 radical (unpaired) electrons. The highest BCUT2D eigenvalue weighted by molar-refractivity contribution is 7.90. The molecule has 1 saturated heterocycles. The summed E-state index contributed by atoms with van der Waals surface area (Å²) in [4.78, 5) is 13.5. The van der Waals surface area contributed by atoms with Crippen molar-refractivity contribution in [2.24, 2.45) is 0 Å². The van der Waals surface area contributed by atoms with Gasteiger partial charge < -0.3 is 9.64 Å². The van der Waals surface area contributed by atoms with Crippen LogP contribution in [0.25, 0.3) is 0 Å². The first-order chi connectivity index (χ1) is 10.2. The van der Waals surface area contributed by atoms with Crippen LogP contribution in [-0.4, -0.2) is 57.3 Å². The number of hydrogen-bond donors (Lipinski definition) is 1. The third-order valence-corrected chi connectivity index (χ3v) is 5.01. The van der Waals surface area contributed by atoms with Crippen molar-refractivity contribution in [3.8, 4) is 5.75 Å². The molecule has 7 nitrogen and oxygen atoms in total. The number of nitrogens with one attached hydrogen (secondary N) is 1. The van der Waals surface area contributed by atoms with Crippen molar-refractivity contribution >= 4 is 21.8 Å². The molecule has 122 valence electrons. The monoisotopic (exact) mass is 327 g/mol. The maximum atomic E-state index is 11.8. The lowest BCUT2D eigenvalue weighted by molar-refractivity contribution is -0.132. The second-order valence-electron chi connectivity index (χ2n) is 5.52. The fourth-order valence-electron chi connectivity index (χ4n) is 2.12. The number of hydrogen-bond acceptors (Lipinski definition) is 4. The fraction of sp³-hybridized carbons (Fsp3) is 0.500.